The molecule has 0 spiro atoms. The highest BCUT2D eigenvalue weighted by Crippen LogP contribution is 2.39. The van der Waals surface area contributed by atoms with Crippen LogP contribution in [0, 0.1) is 0 Å². The van der Waals surface area contributed by atoms with E-state index in [9.17, 15) is 13.2 Å². The number of carboxylic acid groups (broad SMARTS) is 1. The second-order valence-electron chi connectivity index (χ2n) is 6.29. The molecule has 0 bridgehead atoms. The van der Waals surface area contributed by atoms with E-state index < -0.39 is 28.6 Å². The van der Waals surface area contributed by atoms with Crippen molar-refractivity contribution in [2.75, 3.05) is 6.61 Å². The molecule has 1 aliphatic carbocycles. The molecule has 3 rings (SSSR count). The van der Waals surface area contributed by atoms with E-state index in [1.54, 1.807) is 6.07 Å². The molecule has 1 atom stereocenters. The Labute approximate surface area is 177 Å². The quantitative estimate of drug-likeness (QED) is 0.658. The minimum Gasteiger partial charge on any atom is -0.482 e. The molecule has 0 heterocycles. The number of ether oxygens (including phenoxy) is 1. The van der Waals surface area contributed by atoms with Gasteiger partial charge in [-0.15, -0.1) is 0 Å². The van der Waals surface area contributed by atoms with Crippen LogP contribution in [0.1, 0.15) is 30.0 Å². The Bertz CT molecular complexity index is 1030. The summed E-state index contributed by atoms with van der Waals surface area (Å²) in [5.41, 5.74) is 1.40. The topological polar surface area (TPSA) is 92.7 Å². The van der Waals surface area contributed by atoms with Gasteiger partial charge in [-0.3, -0.25) is 0 Å². The monoisotopic (exact) mass is 463 g/mol. The van der Waals surface area contributed by atoms with Crippen LogP contribution in [0.4, 0.5) is 0 Å². The van der Waals surface area contributed by atoms with Crippen LogP contribution in [0.5, 0.6) is 5.75 Å². The maximum absolute atomic E-state index is 12.8. The van der Waals surface area contributed by atoms with Crippen molar-refractivity contribution in [3.8, 4) is 5.75 Å². The fourth-order valence-electron chi connectivity index (χ4n) is 3.18. The molecule has 2 aromatic rings. The Morgan fingerprint density at radius 2 is 1.93 bits per heavy atom. The maximum atomic E-state index is 12.8. The van der Waals surface area contributed by atoms with Crippen molar-refractivity contribution in [1.29, 1.82) is 0 Å². The molecule has 0 aromatic heterocycles. The first-order valence-electron chi connectivity index (χ1n) is 8.31. The number of sulfonamides is 1. The molecular weight excluding hydrogens is 449 g/mol. The normalized spacial score (nSPS) is 16.5. The van der Waals surface area contributed by atoms with Crippen molar-refractivity contribution in [2.45, 2.75) is 30.2 Å². The Morgan fingerprint density at radius 3 is 2.61 bits per heavy atom. The van der Waals surface area contributed by atoms with Gasteiger partial charge in [-0.05, 0) is 60.7 Å². The Balaban J connectivity index is 1.94. The van der Waals surface area contributed by atoms with Gasteiger partial charge < -0.3 is 9.84 Å². The Morgan fingerprint density at radius 1 is 1.18 bits per heavy atom. The number of nitrogens with one attached hydrogen (secondary N) is 1. The molecule has 150 valence electrons. The van der Waals surface area contributed by atoms with Gasteiger partial charge in [0.15, 0.2) is 6.61 Å². The number of hydrogen-bond donors (Lipinski definition) is 2. The van der Waals surface area contributed by atoms with Gasteiger partial charge >= 0.3 is 5.97 Å². The number of carboxylic acids is 1. The number of rotatable bonds is 6. The lowest BCUT2D eigenvalue weighted by molar-refractivity contribution is -0.139. The van der Waals surface area contributed by atoms with Crippen LogP contribution in [-0.4, -0.2) is 26.1 Å². The van der Waals surface area contributed by atoms with Crippen LogP contribution in [0.15, 0.2) is 35.2 Å². The summed E-state index contributed by atoms with van der Waals surface area (Å²) < 4.78 is 33.7. The molecule has 0 amide bonds. The van der Waals surface area contributed by atoms with E-state index in [0.29, 0.717) is 40.6 Å². The highest BCUT2D eigenvalue weighted by atomic mass is 35.5. The zero-order chi connectivity index (χ0) is 20.5. The minimum absolute atomic E-state index is 0.0209. The van der Waals surface area contributed by atoms with Gasteiger partial charge in [0.2, 0.25) is 10.0 Å². The number of halogens is 3. The molecule has 2 N–H and O–H groups in total. The molecule has 0 unspecified atom stereocenters. The fraction of sp³-hybridized carbons (Fsp3) is 0.278. The first kappa shape index (κ1) is 21.2. The van der Waals surface area contributed by atoms with E-state index in [4.69, 9.17) is 44.6 Å². The van der Waals surface area contributed by atoms with Crippen molar-refractivity contribution >= 4 is 50.8 Å². The lowest BCUT2D eigenvalue weighted by atomic mass is 9.87. The molecule has 0 saturated heterocycles. The van der Waals surface area contributed by atoms with Crippen LogP contribution in [0.2, 0.25) is 15.1 Å². The van der Waals surface area contributed by atoms with Crippen molar-refractivity contribution in [1.82, 2.24) is 4.72 Å². The van der Waals surface area contributed by atoms with Gasteiger partial charge in [0.1, 0.15) is 10.6 Å². The third kappa shape index (κ3) is 4.72. The highest BCUT2D eigenvalue weighted by molar-refractivity contribution is 7.89. The Hall–Kier alpha value is -1.51. The summed E-state index contributed by atoms with van der Waals surface area (Å²) in [7, 11) is -3.92. The van der Waals surface area contributed by atoms with Crippen LogP contribution in [0.3, 0.4) is 0 Å². The van der Waals surface area contributed by atoms with E-state index in [1.165, 1.54) is 24.3 Å². The standard InChI is InChI=1S/C18H16Cl3NO5S/c19-10-4-5-17(14(21)7-10)28(25,26)22-15-3-1-2-12-13(15)6-11(20)8-16(12)27-9-18(23)24/h4-8,15,22H,1-3,9H2,(H,23,24)/t15-/m1/s1. The number of carbonyl (C=O) groups is 1. The van der Waals surface area contributed by atoms with Crippen LogP contribution < -0.4 is 9.46 Å². The Kier molecular flexibility index (Phi) is 6.41. The van der Waals surface area contributed by atoms with E-state index >= 15 is 0 Å². The zero-order valence-corrected chi connectivity index (χ0v) is 17.5. The summed E-state index contributed by atoms with van der Waals surface area (Å²) in [6, 6.07) is 6.81. The summed E-state index contributed by atoms with van der Waals surface area (Å²) in [5, 5.41) is 9.53. The van der Waals surface area contributed by atoms with Gasteiger partial charge in [-0.1, -0.05) is 34.8 Å². The van der Waals surface area contributed by atoms with Gasteiger partial charge in [0.05, 0.1) is 5.02 Å². The summed E-state index contributed by atoms with van der Waals surface area (Å²) in [6.45, 7) is -0.510. The molecule has 2 aromatic carbocycles. The predicted octanol–water partition coefficient (Wildman–Crippen LogP) is 4.47. The van der Waals surface area contributed by atoms with Crippen LogP contribution in [-0.2, 0) is 21.2 Å². The average Bonchev–Trinajstić information content (AvgIpc) is 2.59. The number of fused-ring (bicyclic) bond motifs is 1. The highest BCUT2D eigenvalue weighted by Gasteiger charge is 2.29. The molecule has 28 heavy (non-hydrogen) atoms. The summed E-state index contributed by atoms with van der Waals surface area (Å²) in [4.78, 5) is 10.7. The maximum Gasteiger partial charge on any atom is 0.341 e. The summed E-state index contributed by atoms with van der Waals surface area (Å²) >= 11 is 18.0. The van der Waals surface area contributed by atoms with Gasteiger partial charge in [-0.25, -0.2) is 17.9 Å². The first-order chi connectivity index (χ1) is 13.2. The number of benzene rings is 2. The van der Waals surface area contributed by atoms with Crippen molar-refractivity contribution < 1.29 is 23.1 Å². The van der Waals surface area contributed by atoms with E-state index in [2.05, 4.69) is 4.72 Å². The first-order valence-corrected chi connectivity index (χ1v) is 10.9. The van der Waals surface area contributed by atoms with Gasteiger partial charge in [-0.2, -0.15) is 0 Å². The predicted molar refractivity (Wildman–Crippen MR) is 107 cm³/mol. The van der Waals surface area contributed by atoms with Crippen LogP contribution in [0.25, 0.3) is 0 Å². The zero-order valence-electron chi connectivity index (χ0n) is 14.4. The molecule has 0 radical (unpaired) electrons. The van der Waals surface area contributed by atoms with E-state index in [0.717, 1.165) is 5.56 Å². The molecule has 0 aliphatic heterocycles. The van der Waals surface area contributed by atoms with Crippen molar-refractivity contribution in [3.05, 3.63) is 56.5 Å². The second kappa shape index (κ2) is 8.47. The largest absolute Gasteiger partial charge is 0.482 e. The van der Waals surface area contributed by atoms with Crippen molar-refractivity contribution in [2.24, 2.45) is 0 Å². The lowest BCUT2D eigenvalue weighted by Crippen LogP contribution is -2.31. The molecule has 0 saturated carbocycles. The number of hydrogen-bond acceptors (Lipinski definition) is 4. The van der Waals surface area contributed by atoms with Crippen molar-refractivity contribution in [3.63, 3.8) is 0 Å². The number of aliphatic carboxylic acids is 1. The van der Waals surface area contributed by atoms with Gasteiger partial charge in [0, 0.05) is 16.1 Å². The van der Waals surface area contributed by atoms with E-state index in [-0.39, 0.29) is 9.92 Å². The molecule has 10 heteroatoms. The SMILES string of the molecule is O=C(O)COc1cc(Cl)cc2c1CCC[C@H]2NS(=O)(=O)c1ccc(Cl)cc1Cl. The van der Waals surface area contributed by atoms with Gasteiger partial charge in [0.25, 0.3) is 0 Å². The fourth-order valence-corrected chi connectivity index (χ4v) is 5.42. The summed E-state index contributed by atoms with van der Waals surface area (Å²) in [5.74, 6) is -0.766. The third-order valence-corrected chi connectivity index (χ3v) is 6.74. The summed E-state index contributed by atoms with van der Waals surface area (Å²) in [6.07, 6.45) is 1.87. The smallest absolute Gasteiger partial charge is 0.341 e. The minimum atomic E-state index is -3.92. The third-order valence-electron chi connectivity index (χ3n) is 4.34. The molecule has 1 aliphatic rings. The van der Waals surface area contributed by atoms with E-state index in [1.807, 2.05) is 0 Å². The molecular formula is C18H16Cl3NO5S. The van der Waals surface area contributed by atoms with Crippen LogP contribution >= 0.6 is 34.8 Å². The lowest BCUT2D eigenvalue weighted by Gasteiger charge is -2.28. The molecule has 0 fully saturated rings. The molecule has 6 nitrogen and oxygen atoms in total. The average molecular weight is 465 g/mol. The second-order valence-corrected chi connectivity index (χ2v) is 9.26.